The Morgan fingerprint density at radius 2 is 2.15 bits per heavy atom. The molecule has 0 spiro atoms. The summed E-state index contributed by atoms with van der Waals surface area (Å²) in [7, 11) is 0. The van der Waals surface area contributed by atoms with Gasteiger partial charge in [0.1, 0.15) is 0 Å². The maximum absolute atomic E-state index is 9.54. The molecule has 13 heavy (non-hydrogen) atoms. The molecule has 2 nitrogen and oxygen atoms in total. The maximum atomic E-state index is 9.54. The summed E-state index contributed by atoms with van der Waals surface area (Å²) in [5.74, 6) is 0. The van der Waals surface area contributed by atoms with E-state index in [1.807, 2.05) is 31.2 Å². The van der Waals surface area contributed by atoms with Crippen LogP contribution in [0.25, 0.3) is 0 Å². The van der Waals surface area contributed by atoms with Crippen molar-refractivity contribution in [1.29, 1.82) is 0 Å². The van der Waals surface area contributed by atoms with E-state index in [0.29, 0.717) is 13.1 Å². The second-order valence-electron chi connectivity index (χ2n) is 3.83. The van der Waals surface area contributed by atoms with E-state index >= 15 is 0 Å². The second-order valence-corrected chi connectivity index (χ2v) is 4.27. The Labute approximate surface area is 82.7 Å². The smallest absolute Gasteiger partial charge is 0.0967 e. The van der Waals surface area contributed by atoms with Gasteiger partial charge >= 0.3 is 0 Å². The number of aliphatic hydroxyl groups is 1. The van der Waals surface area contributed by atoms with Crippen LogP contribution in [0.4, 0.5) is 5.69 Å². The van der Waals surface area contributed by atoms with Gasteiger partial charge in [-0.25, -0.2) is 0 Å². The summed E-state index contributed by atoms with van der Waals surface area (Å²) in [5.41, 5.74) is 0.557. The Hall–Kier alpha value is -0.730. The molecule has 0 amide bonds. The fraction of sp³-hybridized carbons (Fsp3) is 0.400. The summed E-state index contributed by atoms with van der Waals surface area (Å²) >= 11 is 5.85. The van der Waals surface area contributed by atoms with E-state index < -0.39 is 5.60 Å². The molecule has 0 bridgehead atoms. The molecule has 1 aromatic carbocycles. The molecule has 0 aliphatic carbocycles. The van der Waals surface area contributed by atoms with Crippen LogP contribution in [0.5, 0.6) is 0 Å². The zero-order valence-electron chi connectivity index (χ0n) is 7.50. The number of nitrogens with zero attached hydrogens (tertiary/aromatic N) is 1. The van der Waals surface area contributed by atoms with Gasteiger partial charge in [-0.1, -0.05) is 17.7 Å². The van der Waals surface area contributed by atoms with Gasteiger partial charge in [0.25, 0.3) is 0 Å². The van der Waals surface area contributed by atoms with Gasteiger partial charge in [0.05, 0.1) is 5.60 Å². The van der Waals surface area contributed by atoms with Crippen LogP contribution in [0, 0.1) is 0 Å². The third kappa shape index (κ3) is 1.79. The van der Waals surface area contributed by atoms with Crippen LogP contribution in [0.1, 0.15) is 6.92 Å². The highest BCUT2D eigenvalue weighted by Gasteiger charge is 2.36. The first kappa shape index (κ1) is 8.85. The molecule has 1 saturated heterocycles. The molecule has 0 radical (unpaired) electrons. The van der Waals surface area contributed by atoms with Gasteiger partial charge < -0.3 is 10.0 Å². The molecule has 1 heterocycles. The Bertz CT molecular complexity index is 316. The van der Waals surface area contributed by atoms with Crippen LogP contribution in [-0.2, 0) is 0 Å². The van der Waals surface area contributed by atoms with Gasteiger partial charge in [-0.2, -0.15) is 0 Å². The predicted molar refractivity (Wildman–Crippen MR) is 54.3 cm³/mol. The molecular weight excluding hydrogens is 186 g/mol. The molecule has 1 fully saturated rings. The van der Waals surface area contributed by atoms with Gasteiger partial charge in [0, 0.05) is 23.8 Å². The molecule has 70 valence electrons. The van der Waals surface area contributed by atoms with Gasteiger partial charge in [0.2, 0.25) is 0 Å². The van der Waals surface area contributed by atoms with Crippen LogP contribution < -0.4 is 4.90 Å². The van der Waals surface area contributed by atoms with E-state index in [4.69, 9.17) is 11.6 Å². The van der Waals surface area contributed by atoms with E-state index in [1.165, 1.54) is 0 Å². The van der Waals surface area contributed by atoms with Gasteiger partial charge in [-0.15, -0.1) is 0 Å². The normalized spacial score (nSPS) is 19.8. The van der Waals surface area contributed by atoms with Gasteiger partial charge in [0.15, 0.2) is 0 Å². The number of β-amino-alcohol motifs (C(OH)–C–C–N with tert-alkyl or cyclic N) is 1. The van der Waals surface area contributed by atoms with Crippen LogP contribution in [0.15, 0.2) is 24.3 Å². The zero-order valence-corrected chi connectivity index (χ0v) is 8.25. The molecular formula is C10H12ClNO. The molecule has 0 unspecified atom stereocenters. The molecule has 3 heteroatoms. The van der Waals surface area contributed by atoms with Crippen molar-refractivity contribution >= 4 is 17.3 Å². The molecule has 2 rings (SSSR count). The van der Waals surface area contributed by atoms with E-state index in [0.717, 1.165) is 10.7 Å². The first-order chi connectivity index (χ1) is 6.07. The number of anilines is 1. The van der Waals surface area contributed by atoms with Crippen molar-refractivity contribution in [3.63, 3.8) is 0 Å². The first-order valence-electron chi connectivity index (χ1n) is 4.30. The minimum atomic E-state index is -0.525. The molecule has 1 N–H and O–H groups in total. The van der Waals surface area contributed by atoms with E-state index in [1.54, 1.807) is 0 Å². The second kappa shape index (κ2) is 2.89. The maximum Gasteiger partial charge on any atom is 0.0967 e. The fourth-order valence-corrected chi connectivity index (χ4v) is 1.82. The molecule has 1 aliphatic rings. The number of hydrogen-bond acceptors (Lipinski definition) is 2. The fourth-order valence-electron chi connectivity index (χ4n) is 1.63. The van der Waals surface area contributed by atoms with Crippen molar-refractivity contribution in [3.05, 3.63) is 29.3 Å². The largest absolute Gasteiger partial charge is 0.386 e. The summed E-state index contributed by atoms with van der Waals surface area (Å²) in [5, 5.41) is 10.3. The number of halogens is 1. The lowest BCUT2D eigenvalue weighted by Gasteiger charge is -2.45. The van der Waals surface area contributed by atoms with Crippen molar-refractivity contribution in [2.24, 2.45) is 0 Å². The molecule has 0 aromatic heterocycles. The number of hydrogen-bond donors (Lipinski definition) is 1. The highest BCUT2D eigenvalue weighted by Crippen LogP contribution is 2.28. The standard InChI is InChI=1S/C10H12ClNO/c1-10(13)6-12(7-10)9-4-2-3-8(11)5-9/h2-5,13H,6-7H2,1H3. The summed E-state index contributed by atoms with van der Waals surface area (Å²) in [4.78, 5) is 2.10. The highest BCUT2D eigenvalue weighted by atomic mass is 35.5. The number of benzene rings is 1. The summed E-state index contributed by atoms with van der Waals surface area (Å²) < 4.78 is 0. The lowest BCUT2D eigenvalue weighted by Crippen LogP contribution is -2.60. The topological polar surface area (TPSA) is 23.5 Å². The third-order valence-corrected chi connectivity index (χ3v) is 2.47. The SMILES string of the molecule is CC1(O)CN(c2cccc(Cl)c2)C1. The van der Waals surface area contributed by atoms with E-state index in [9.17, 15) is 5.11 Å². The summed E-state index contributed by atoms with van der Waals surface area (Å²) in [6.45, 7) is 3.22. The van der Waals surface area contributed by atoms with Gasteiger partial charge in [-0.05, 0) is 25.1 Å². The van der Waals surface area contributed by atoms with Crippen LogP contribution in [0.2, 0.25) is 5.02 Å². The molecule has 0 saturated carbocycles. The molecule has 0 atom stereocenters. The van der Waals surface area contributed by atoms with Crippen molar-refractivity contribution < 1.29 is 5.11 Å². The zero-order chi connectivity index (χ0) is 9.47. The first-order valence-corrected chi connectivity index (χ1v) is 4.68. The average molecular weight is 198 g/mol. The van der Waals surface area contributed by atoms with Crippen LogP contribution >= 0.6 is 11.6 Å². The van der Waals surface area contributed by atoms with Crippen LogP contribution in [0.3, 0.4) is 0 Å². The van der Waals surface area contributed by atoms with Crippen molar-refractivity contribution in [1.82, 2.24) is 0 Å². The quantitative estimate of drug-likeness (QED) is 0.744. The summed E-state index contributed by atoms with van der Waals surface area (Å²) in [6, 6.07) is 7.69. The van der Waals surface area contributed by atoms with Gasteiger partial charge in [-0.3, -0.25) is 0 Å². The minimum Gasteiger partial charge on any atom is -0.386 e. The van der Waals surface area contributed by atoms with Crippen LogP contribution in [-0.4, -0.2) is 23.8 Å². The summed E-state index contributed by atoms with van der Waals surface area (Å²) in [6.07, 6.45) is 0. The van der Waals surface area contributed by atoms with E-state index in [2.05, 4.69) is 4.90 Å². The lowest BCUT2D eigenvalue weighted by atomic mass is 9.96. The Morgan fingerprint density at radius 1 is 1.46 bits per heavy atom. The molecule has 1 aromatic rings. The Balaban J connectivity index is 2.11. The minimum absolute atomic E-state index is 0.525. The lowest BCUT2D eigenvalue weighted by molar-refractivity contribution is 0.0310. The number of rotatable bonds is 1. The van der Waals surface area contributed by atoms with E-state index in [-0.39, 0.29) is 0 Å². The molecule has 1 aliphatic heterocycles. The van der Waals surface area contributed by atoms with Crippen molar-refractivity contribution in [3.8, 4) is 0 Å². The third-order valence-electron chi connectivity index (χ3n) is 2.24. The highest BCUT2D eigenvalue weighted by molar-refractivity contribution is 6.30. The Kier molecular flexibility index (Phi) is 1.97. The average Bonchev–Trinajstić information content (AvgIpc) is 2.00. The Morgan fingerprint density at radius 3 is 2.69 bits per heavy atom. The van der Waals surface area contributed by atoms with Crippen molar-refractivity contribution in [2.75, 3.05) is 18.0 Å². The van der Waals surface area contributed by atoms with Crippen molar-refractivity contribution in [2.45, 2.75) is 12.5 Å². The predicted octanol–water partition coefficient (Wildman–Crippen LogP) is 1.91. The monoisotopic (exact) mass is 197 g/mol.